The zero-order valence-corrected chi connectivity index (χ0v) is 12.3. The minimum Gasteiger partial charge on any atom is -0.378 e. The fraction of sp³-hybridized carbons (Fsp3) is 0.222. The Bertz CT molecular complexity index is 647. The normalized spacial score (nSPS) is 15.6. The van der Waals surface area contributed by atoms with Crippen LogP contribution in [0, 0.1) is 0 Å². The molecular formula is C18H18N2O2. The number of nitrogens with zero attached hydrogens (tertiary/aromatic N) is 2. The molecule has 4 nitrogen and oxygen atoms in total. The van der Waals surface area contributed by atoms with Crippen LogP contribution >= 0.6 is 0 Å². The van der Waals surface area contributed by atoms with Crippen LogP contribution in [-0.2, 0) is 4.74 Å². The van der Waals surface area contributed by atoms with Crippen molar-refractivity contribution in [3.63, 3.8) is 0 Å². The first kappa shape index (κ1) is 14.5. The van der Waals surface area contributed by atoms with Crippen molar-refractivity contribution in [1.82, 2.24) is 4.90 Å². The number of benzene rings is 2. The highest BCUT2D eigenvalue weighted by molar-refractivity contribution is 6.45. The highest BCUT2D eigenvalue weighted by atomic mass is 16.5. The summed E-state index contributed by atoms with van der Waals surface area (Å²) in [5, 5.41) is 0. The van der Waals surface area contributed by atoms with E-state index in [-0.39, 0.29) is 5.78 Å². The van der Waals surface area contributed by atoms with E-state index < -0.39 is 0 Å². The van der Waals surface area contributed by atoms with Gasteiger partial charge in [-0.25, -0.2) is 4.99 Å². The van der Waals surface area contributed by atoms with Gasteiger partial charge in [0.15, 0.2) is 5.84 Å². The lowest BCUT2D eigenvalue weighted by Gasteiger charge is -2.29. The lowest BCUT2D eigenvalue weighted by atomic mass is 10.1. The van der Waals surface area contributed by atoms with Crippen molar-refractivity contribution < 1.29 is 9.53 Å². The first-order valence-corrected chi connectivity index (χ1v) is 7.41. The quantitative estimate of drug-likeness (QED) is 0.496. The van der Waals surface area contributed by atoms with Gasteiger partial charge in [-0.15, -0.1) is 0 Å². The van der Waals surface area contributed by atoms with Crippen LogP contribution in [0.3, 0.4) is 0 Å². The number of carbonyl (C=O) groups is 1. The van der Waals surface area contributed by atoms with Crippen LogP contribution in [0.2, 0.25) is 0 Å². The number of carbonyl (C=O) groups excluding carboxylic acids is 1. The summed E-state index contributed by atoms with van der Waals surface area (Å²) in [6, 6.07) is 18.9. The van der Waals surface area contributed by atoms with E-state index in [1.807, 2.05) is 65.6 Å². The van der Waals surface area contributed by atoms with E-state index in [1.165, 1.54) is 0 Å². The standard InChI is InChI=1S/C18H18N2O2/c21-17(15-7-3-1-4-8-15)18(20-11-13-22-14-12-20)19-16-9-5-2-6-10-16/h1-10H,11-14H2. The highest BCUT2D eigenvalue weighted by Gasteiger charge is 2.22. The van der Waals surface area contributed by atoms with Gasteiger partial charge in [0.25, 0.3) is 0 Å². The number of ether oxygens (including phenoxy) is 1. The summed E-state index contributed by atoms with van der Waals surface area (Å²) in [6.45, 7) is 2.61. The Hall–Kier alpha value is -2.46. The van der Waals surface area contributed by atoms with E-state index in [1.54, 1.807) is 0 Å². The molecule has 0 atom stereocenters. The predicted octanol–water partition coefficient (Wildman–Crippen LogP) is 2.93. The summed E-state index contributed by atoms with van der Waals surface area (Å²) in [5.74, 6) is 0.437. The molecule has 0 aliphatic carbocycles. The lowest BCUT2D eigenvalue weighted by Crippen LogP contribution is -2.44. The summed E-state index contributed by atoms with van der Waals surface area (Å²) in [7, 11) is 0. The van der Waals surface area contributed by atoms with Crippen molar-refractivity contribution in [3.05, 3.63) is 66.2 Å². The molecule has 0 amide bonds. The monoisotopic (exact) mass is 294 g/mol. The van der Waals surface area contributed by atoms with E-state index in [0.717, 1.165) is 5.69 Å². The number of aliphatic imine (C=N–C) groups is 1. The maximum absolute atomic E-state index is 12.8. The number of para-hydroxylation sites is 1. The van der Waals surface area contributed by atoms with Crippen molar-refractivity contribution in [2.75, 3.05) is 26.3 Å². The smallest absolute Gasteiger partial charge is 0.228 e. The fourth-order valence-corrected chi connectivity index (χ4v) is 2.38. The molecule has 0 aromatic heterocycles. The van der Waals surface area contributed by atoms with Gasteiger partial charge in [-0.3, -0.25) is 4.79 Å². The predicted molar refractivity (Wildman–Crippen MR) is 86.7 cm³/mol. The Morgan fingerprint density at radius 1 is 0.909 bits per heavy atom. The molecule has 1 aliphatic heterocycles. The zero-order chi connectivity index (χ0) is 15.2. The summed E-state index contributed by atoms with van der Waals surface area (Å²) in [6.07, 6.45) is 0. The molecule has 0 radical (unpaired) electrons. The minimum atomic E-state index is -0.0497. The number of Topliss-reactive ketones (excluding diaryl/α,β-unsaturated/α-hetero) is 1. The lowest BCUT2D eigenvalue weighted by molar-refractivity contribution is 0.0659. The topological polar surface area (TPSA) is 41.9 Å². The maximum Gasteiger partial charge on any atom is 0.228 e. The van der Waals surface area contributed by atoms with Gasteiger partial charge < -0.3 is 9.64 Å². The first-order chi connectivity index (χ1) is 10.8. The molecule has 1 heterocycles. The molecule has 0 unspecified atom stereocenters. The van der Waals surface area contributed by atoms with E-state index in [4.69, 9.17) is 4.74 Å². The minimum absolute atomic E-state index is 0.0497. The largest absolute Gasteiger partial charge is 0.378 e. The zero-order valence-electron chi connectivity index (χ0n) is 12.3. The van der Waals surface area contributed by atoms with Gasteiger partial charge in [0.1, 0.15) is 0 Å². The van der Waals surface area contributed by atoms with Crippen LogP contribution in [0.1, 0.15) is 10.4 Å². The van der Waals surface area contributed by atoms with Crippen molar-refractivity contribution in [2.24, 2.45) is 4.99 Å². The molecule has 4 heteroatoms. The second-order valence-corrected chi connectivity index (χ2v) is 5.07. The SMILES string of the molecule is O=C(C(=Nc1ccccc1)N1CCOCC1)c1ccccc1. The van der Waals surface area contributed by atoms with Crippen LogP contribution in [0.4, 0.5) is 5.69 Å². The van der Waals surface area contributed by atoms with Gasteiger partial charge >= 0.3 is 0 Å². The van der Waals surface area contributed by atoms with E-state index in [9.17, 15) is 4.79 Å². The molecule has 1 aliphatic rings. The van der Waals surface area contributed by atoms with Gasteiger partial charge in [-0.05, 0) is 12.1 Å². The Labute approximate surface area is 130 Å². The van der Waals surface area contributed by atoms with Crippen molar-refractivity contribution in [1.29, 1.82) is 0 Å². The number of rotatable bonds is 3. The Balaban J connectivity index is 1.95. The number of hydrogen-bond donors (Lipinski definition) is 0. The van der Waals surface area contributed by atoms with Gasteiger partial charge in [0, 0.05) is 18.7 Å². The molecule has 1 fully saturated rings. The Morgan fingerprint density at radius 3 is 2.14 bits per heavy atom. The molecule has 3 rings (SSSR count). The average Bonchev–Trinajstić information content (AvgIpc) is 2.61. The first-order valence-electron chi connectivity index (χ1n) is 7.41. The number of morpholine rings is 1. The molecule has 0 saturated carbocycles. The third-order valence-electron chi connectivity index (χ3n) is 3.54. The third kappa shape index (κ3) is 3.40. The van der Waals surface area contributed by atoms with Crippen molar-refractivity contribution in [2.45, 2.75) is 0 Å². The number of hydrogen-bond acceptors (Lipinski definition) is 3. The molecule has 0 N–H and O–H groups in total. The van der Waals surface area contributed by atoms with Gasteiger partial charge in [-0.1, -0.05) is 48.5 Å². The molecule has 0 spiro atoms. The molecule has 1 saturated heterocycles. The van der Waals surface area contributed by atoms with Crippen molar-refractivity contribution in [3.8, 4) is 0 Å². The van der Waals surface area contributed by atoms with Crippen molar-refractivity contribution >= 4 is 17.3 Å². The fourth-order valence-electron chi connectivity index (χ4n) is 2.38. The highest BCUT2D eigenvalue weighted by Crippen LogP contribution is 2.15. The Kier molecular flexibility index (Phi) is 4.61. The average molecular weight is 294 g/mol. The summed E-state index contributed by atoms with van der Waals surface area (Å²) in [4.78, 5) is 19.4. The van der Waals surface area contributed by atoms with Gasteiger partial charge in [0.05, 0.1) is 18.9 Å². The summed E-state index contributed by atoms with van der Waals surface area (Å²) < 4.78 is 5.38. The number of amidine groups is 1. The van der Waals surface area contributed by atoms with Gasteiger partial charge in [-0.2, -0.15) is 0 Å². The molecule has 2 aromatic rings. The molecule has 0 bridgehead atoms. The Morgan fingerprint density at radius 2 is 1.50 bits per heavy atom. The third-order valence-corrected chi connectivity index (χ3v) is 3.54. The van der Waals surface area contributed by atoms with Crippen LogP contribution in [0.15, 0.2) is 65.7 Å². The summed E-state index contributed by atoms with van der Waals surface area (Å²) >= 11 is 0. The van der Waals surface area contributed by atoms with Crippen LogP contribution in [-0.4, -0.2) is 42.8 Å². The van der Waals surface area contributed by atoms with E-state index >= 15 is 0 Å². The van der Waals surface area contributed by atoms with E-state index in [2.05, 4.69) is 4.99 Å². The molecule has 112 valence electrons. The molecular weight excluding hydrogens is 276 g/mol. The van der Waals surface area contributed by atoms with Crippen LogP contribution in [0.5, 0.6) is 0 Å². The molecule has 2 aromatic carbocycles. The second kappa shape index (κ2) is 7.00. The maximum atomic E-state index is 12.8. The van der Waals surface area contributed by atoms with Crippen LogP contribution < -0.4 is 0 Å². The number of ketones is 1. The van der Waals surface area contributed by atoms with E-state index in [0.29, 0.717) is 37.7 Å². The molecule has 22 heavy (non-hydrogen) atoms. The van der Waals surface area contributed by atoms with Gasteiger partial charge in [0.2, 0.25) is 5.78 Å². The second-order valence-electron chi connectivity index (χ2n) is 5.07. The summed E-state index contributed by atoms with van der Waals surface area (Å²) in [5.41, 5.74) is 1.44. The van der Waals surface area contributed by atoms with Crippen LogP contribution in [0.25, 0.3) is 0 Å².